The van der Waals surface area contributed by atoms with Crippen LogP contribution in [0.2, 0.25) is 5.02 Å². The number of benzene rings is 3. The lowest BCUT2D eigenvalue weighted by Gasteiger charge is -2.25. The molecule has 1 amide bonds. The second-order valence-corrected chi connectivity index (χ2v) is 8.25. The Morgan fingerprint density at radius 3 is 2.57 bits per heavy atom. The standard InChI is InChI=1S/C23H12BrClFNO3/c24-12-8-9-18-16(10-12)21(28)19-20(15-6-1-2-7-17(15)26)27(23(29)22(19)30-18)14-5-3-4-13(25)11-14/h1-11,20H. The normalized spacial score (nSPS) is 15.6. The summed E-state index contributed by atoms with van der Waals surface area (Å²) in [6.45, 7) is 0. The third kappa shape index (κ3) is 2.87. The molecule has 4 aromatic rings. The highest BCUT2D eigenvalue weighted by Gasteiger charge is 2.44. The zero-order chi connectivity index (χ0) is 21.0. The minimum absolute atomic E-state index is 0.0944. The number of fused-ring (bicyclic) bond motifs is 2. The van der Waals surface area contributed by atoms with Gasteiger partial charge in [0.15, 0.2) is 5.43 Å². The lowest BCUT2D eigenvalue weighted by Crippen LogP contribution is -2.30. The van der Waals surface area contributed by atoms with Crippen LogP contribution in [0.3, 0.4) is 0 Å². The Balaban J connectivity index is 1.86. The highest BCUT2D eigenvalue weighted by molar-refractivity contribution is 9.10. The number of anilines is 1. The van der Waals surface area contributed by atoms with Crippen LogP contribution in [0, 0.1) is 5.82 Å². The number of halogens is 3. The molecule has 1 aliphatic rings. The molecule has 0 aliphatic carbocycles. The van der Waals surface area contributed by atoms with Gasteiger partial charge in [-0.15, -0.1) is 0 Å². The van der Waals surface area contributed by atoms with Gasteiger partial charge in [-0.2, -0.15) is 0 Å². The third-order valence-electron chi connectivity index (χ3n) is 5.12. The molecule has 148 valence electrons. The van der Waals surface area contributed by atoms with E-state index in [0.717, 1.165) is 0 Å². The summed E-state index contributed by atoms with van der Waals surface area (Å²) in [6.07, 6.45) is 0. The van der Waals surface area contributed by atoms with Crippen molar-refractivity contribution in [1.29, 1.82) is 0 Å². The van der Waals surface area contributed by atoms with Crippen LogP contribution in [-0.4, -0.2) is 5.91 Å². The van der Waals surface area contributed by atoms with Crippen molar-refractivity contribution >= 4 is 50.1 Å². The van der Waals surface area contributed by atoms with Crippen molar-refractivity contribution in [1.82, 2.24) is 0 Å². The number of hydrogen-bond donors (Lipinski definition) is 0. The molecular formula is C23H12BrClFNO3. The van der Waals surface area contributed by atoms with Gasteiger partial charge in [0.1, 0.15) is 11.4 Å². The summed E-state index contributed by atoms with van der Waals surface area (Å²) in [4.78, 5) is 28.2. The maximum Gasteiger partial charge on any atom is 0.295 e. The topological polar surface area (TPSA) is 50.5 Å². The third-order valence-corrected chi connectivity index (χ3v) is 5.85. The van der Waals surface area contributed by atoms with E-state index in [4.69, 9.17) is 16.0 Å². The van der Waals surface area contributed by atoms with Gasteiger partial charge in [0, 0.05) is 20.7 Å². The van der Waals surface area contributed by atoms with E-state index >= 15 is 0 Å². The molecule has 4 nitrogen and oxygen atoms in total. The van der Waals surface area contributed by atoms with Crippen molar-refractivity contribution in [3.63, 3.8) is 0 Å². The quantitative estimate of drug-likeness (QED) is 0.345. The average molecular weight is 485 g/mol. The van der Waals surface area contributed by atoms with Gasteiger partial charge >= 0.3 is 0 Å². The number of hydrogen-bond acceptors (Lipinski definition) is 3. The minimum atomic E-state index is -0.980. The van der Waals surface area contributed by atoms with Crippen LogP contribution in [0.5, 0.6) is 0 Å². The van der Waals surface area contributed by atoms with E-state index in [1.165, 1.54) is 11.0 Å². The Morgan fingerprint density at radius 2 is 1.80 bits per heavy atom. The van der Waals surface area contributed by atoms with Crippen LogP contribution in [0.1, 0.15) is 27.7 Å². The second kappa shape index (κ2) is 7.07. The second-order valence-electron chi connectivity index (χ2n) is 6.89. The van der Waals surface area contributed by atoms with Gasteiger partial charge in [-0.05, 0) is 42.5 Å². The van der Waals surface area contributed by atoms with Crippen molar-refractivity contribution in [2.75, 3.05) is 4.90 Å². The lowest BCUT2D eigenvalue weighted by molar-refractivity contribution is 0.0971. The predicted molar refractivity (Wildman–Crippen MR) is 117 cm³/mol. The molecule has 0 saturated carbocycles. The average Bonchev–Trinajstić information content (AvgIpc) is 3.01. The molecule has 30 heavy (non-hydrogen) atoms. The Bertz CT molecular complexity index is 1400. The Kier molecular flexibility index (Phi) is 4.49. The molecule has 7 heteroatoms. The summed E-state index contributed by atoms with van der Waals surface area (Å²) in [6, 6.07) is 16.7. The molecule has 0 N–H and O–H groups in total. The zero-order valence-corrected chi connectivity index (χ0v) is 17.6. The van der Waals surface area contributed by atoms with Gasteiger partial charge in [-0.1, -0.05) is 51.8 Å². The van der Waals surface area contributed by atoms with E-state index in [1.807, 2.05) is 0 Å². The van der Waals surface area contributed by atoms with Gasteiger partial charge in [-0.25, -0.2) is 4.39 Å². The Hall–Kier alpha value is -2.96. The van der Waals surface area contributed by atoms with E-state index in [0.29, 0.717) is 20.6 Å². The van der Waals surface area contributed by atoms with Crippen LogP contribution in [0.15, 0.2) is 80.4 Å². The SMILES string of the molecule is O=C1c2oc3ccc(Br)cc3c(=O)c2C(c2ccccc2F)N1c1cccc(Cl)c1. The van der Waals surface area contributed by atoms with Crippen LogP contribution in [-0.2, 0) is 0 Å². The first-order valence-corrected chi connectivity index (χ1v) is 10.2. The van der Waals surface area contributed by atoms with Crippen molar-refractivity contribution in [3.8, 4) is 0 Å². The smallest absolute Gasteiger partial charge is 0.295 e. The van der Waals surface area contributed by atoms with Crippen LogP contribution >= 0.6 is 27.5 Å². The first-order valence-electron chi connectivity index (χ1n) is 9.05. The van der Waals surface area contributed by atoms with Gasteiger partial charge in [0.2, 0.25) is 5.76 Å². The Labute approximate surface area is 183 Å². The van der Waals surface area contributed by atoms with E-state index in [1.54, 1.807) is 60.7 Å². The van der Waals surface area contributed by atoms with Crippen LogP contribution in [0.25, 0.3) is 11.0 Å². The predicted octanol–water partition coefficient (Wildman–Crippen LogP) is 6.10. The highest BCUT2D eigenvalue weighted by atomic mass is 79.9. The first kappa shape index (κ1) is 19.0. The molecule has 0 spiro atoms. The molecule has 0 fully saturated rings. The number of carbonyl (C=O) groups excluding carboxylic acids is 1. The maximum atomic E-state index is 14.8. The number of nitrogens with zero attached hydrogens (tertiary/aromatic N) is 1. The summed E-state index contributed by atoms with van der Waals surface area (Å²) in [5, 5.41) is 0.724. The fourth-order valence-corrected chi connectivity index (χ4v) is 4.37. The summed E-state index contributed by atoms with van der Waals surface area (Å²) in [5.41, 5.74) is 0.660. The molecule has 1 aromatic heterocycles. The van der Waals surface area contributed by atoms with Gasteiger partial charge in [-0.3, -0.25) is 14.5 Å². The summed E-state index contributed by atoms with van der Waals surface area (Å²) >= 11 is 9.49. The van der Waals surface area contributed by atoms with E-state index < -0.39 is 17.8 Å². The van der Waals surface area contributed by atoms with Crippen molar-refractivity contribution in [3.05, 3.63) is 109 Å². The highest BCUT2D eigenvalue weighted by Crippen LogP contribution is 2.42. The summed E-state index contributed by atoms with van der Waals surface area (Å²) < 4.78 is 21.4. The monoisotopic (exact) mass is 483 g/mol. The van der Waals surface area contributed by atoms with Crippen LogP contribution < -0.4 is 10.3 Å². The number of amides is 1. The molecule has 2 heterocycles. The Morgan fingerprint density at radius 1 is 1.00 bits per heavy atom. The van der Waals surface area contributed by atoms with Gasteiger partial charge in [0.25, 0.3) is 5.91 Å². The molecule has 1 aliphatic heterocycles. The van der Waals surface area contributed by atoms with Crippen molar-refractivity contribution in [2.24, 2.45) is 0 Å². The van der Waals surface area contributed by atoms with Gasteiger partial charge < -0.3 is 4.42 Å². The molecule has 1 unspecified atom stereocenters. The molecule has 0 saturated heterocycles. The molecule has 3 aromatic carbocycles. The number of rotatable bonds is 2. The van der Waals surface area contributed by atoms with E-state index in [9.17, 15) is 14.0 Å². The fraction of sp³-hybridized carbons (Fsp3) is 0.0435. The molecule has 1 atom stereocenters. The van der Waals surface area contributed by atoms with Crippen LogP contribution in [0.4, 0.5) is 10.1 Å². The lowest BCUT2D eigenvalue weighted by atomic mass is 9.98. The first-order chi connectivity index (χ1) is 14.5. The van der Waals surface area contributed by atoms with Crippen molar-refractivity contribution < 1.29 is 13.6 Å². The van der Waals surface area contributed by atoms with Gasteiger partial charge in [0.05, 0.1) is 17.0 Å². The molecule has 5 rings (SSSR count). The van der Waals surface area contributed by atoms with E-state index in [2.05, 4.69) is 15.9 Å². The molecule has 0 radical (unpaired) electrons. The maximum absolute atomic E-state index is 14.8. The largest absolute Gasteiger partial charge is 0.450 e. The fourth-order valence-electron chi connectivity index (χ4n) is 3.83. The molecular weight excluding hydrogens is 473 g/mol. The number of carbonyl (C=O) groups is 1. The zero-order valence-electron chi connectivity index (χ0n) is 15.2. The molecule has 0 bridgehead atoms. The minimum Gasteiger partial charge on any atom is -0.450 e. The summed E-state index contributed by atoms with van der Waals surface area (Å²) in [7, 11) is 0. The summed E-state index contributed by atoms with van der Waals surface area (Å²) in [5.74, 6) is -1.14. The van der Waals surface area contributed by atoms with Crippen molar-refractivity contribution in [2.45, 2.75) is 6.04 Å². The van der Waals surface area contributed by atoms with E-state index in [-0.39, 0.29) is 27.9 Å².